The average Bonchev–Trinajstić information content (AvgIpc) is 2.50. The molecule has 120 valence electrons. The maximum absolute atomic E-state index is 12.5. The van der Waals surface area contributed by atoms with Crippen LogP contribution in [0.15, 0.2) is 24.3 Å². The van der Waals surface area contributed by atoms with Gasteiger partial charge in [0.2, 0.25) is 5.91 Å². The van der Waals surface area contributed by atoms with Gasteiger partial charge in [-0.1, -0.05) is 12.1 Å². The SMILES string of the molecule is C[C@@H]1CNCCN1C(=O)CN1C(=O)COc2ccccc21.Cl. The van der Waals surface area contributed by atoms with E-state index in [4.69, 9.17) is 4.74 Å². The number of hydrogen-bond donors (Lipinski definition) is 1. The summed E-state index contributed by atoms with van der Waals surface area (Å²) in [6.45, 7) is 4.34. The van der Waals surface area contributed by atoms with Gasteiger partial charge in [-0.15, -0.1) is 12.4 Å². The molecule has 0 bridgehead atoms. The number of anilines is 1. The van der Waals surface area contributed by atoms with Gasteiger partial charge in [0.25, 0.3) is 5.91 Å². The Bertz CT molecular complexity index is 567. The first kappa shape index (κ1) is 16.6. The minimum Gasteiger partial charge on any atom is -0.482 e. The molecule has 1 atom stereocenters. The number of hydrogen-bond acceptors (Lipinski definition) is 4. The molecular formula is C15H20ClN3O3. The number of benzene rings is 1. The molecule has 22 heavy (non-hydrogen) atoms. The summed E-state index contributed by atoms with van der Waals surface area (Å²) in [6, 6.07) is 7.46. The molecule has 7 heteroatoms. The van der Waals surface area contributed by atoms with Crippen molar-refractivity contribution in [2.75, 3.05) is 37.7 Å². The second-order valence-electron chi connectivity index (χ2n) is 5.38. The van der Waals surface area contributed by atoms with Gasteiger partial charge in [-0.3, -0.25) is 14.5 Å². The fourth-order valence-electron chi connectivity index (χ4n) is 2.76. The lowest BCUT2D eigenvalue weighted by molar-refractivity contribution is -0.134. The summed E-state index contributed by atoms with van der Waals surface area (Å²) in [6.07, 6.45) is 0. The van der Waals surface area contributed by atoms with Gasteiger partial charge >= 0.3 is 0 Å². The zero-order valence-corrected chi connectivity index (χ0v) is 13.3. The zero-order valence-electron chi connectivity index (χ0n) is 12.4. The van der Waals surface area contributed by atoms with Crippen molar-refractivity contribution in [3.05, 3.63) is 24.3 Å². The second-order valence-corrected chi connectivity index (χ2v) is 5.38. The first-order chi connectivity index (χ1) is 10.2. The van der Waals surface area contributed by atoms with E-state index in [2.05, 4.69) is 5.32 Å². The lowest BCUT2D eigenvalue weighted by Crippen LogP contribution is -2.55. The zero-order chi connectivity index (χ0) is 14.8. The Morgan fingerprint density at radius 1 is 1.41 bits per heavy atom. The summed E-state index contributed by atoms with van der Waals surface area (Å²) >= 11 is 0. The van der Waals surface area contributed by atoms with Crippen molar-refractivity contribution in [2.45, 2.75) is 13.0 Å². The highest BCUT2D eigenvalue weighted by molar-refractivity contribution is 6.02. The molecule has 0 spiro atoms. The highest BCUT2D eigenvalue weighted by atomic mass is 35.5. The number of carbonyl (C=O) groups excluding carboxylic acids is 2. The smallest absolute Gasteiger partial charge is 0.265 e. The third-order valence-electron chi connectivity index (χ3n) is 3.92. The van der Waals surface area contributed by atoms with E-state index in [1.807, 2.05) is 30.0 Å². The molecule has 1 fully saturated rings. The van der Waals surface area contributed by atoms with Gasteiger partial charge in [-0.25, -0.2) is 0 Å². The van der Waals surface area contributed by atoms with E-state index in [1.165, 1.54) is 4.90 Å². The molecule has 3 rings (SSSR count). The fraction of sp³-hybridized carbons (Fsp3) is 0.467. The topological polar surface area (TPSA) is 61.9 Å². The van der Waals surface area contributed by atoms with E-state index in [1.54, 1.807) is 6.07 Å². The van der Waals surface area contributed by atoms with Gasteiger partial charge in [0.15, 0.2) is 6.61 Å². The van der Waals surface area contributed by atoms with Gasteiger partial charge in [-0.2, -0.15) is 0 Å². The number of piperazine rings is 1. The van der Waals surface area contributed by atoms with Crippen LogP contribution in [0.3, 0.4) is 0 Å². The minimum atomic E-state index is -0.176. The van der Waals surface area contributed by atoms with Crippen LogP contribution in [0.2, 0.25) is 0 Å². The molecule has 1 aromatic rings. The number of amides is 2. The molecule has 2 heterocycles. The standard InChI is InChI=1S/C15H19N3O3.ClH/c1-11-8-16-6-7-17(11)14(19)9-18-12-4-2-3-5-13(12)21-10-15(18)20;/h2-5,11,16H,6-10H2,1H3;1H/t11-;/m1./s1. The molecule has 1 aromatic carbocycles. The quantitative estimate of drug-likeness (QED) is 0.867. The minimum absolute atomic E-state index is 0. The summed E-state index contributed by atoms with van der Waals surface area (Å²) in [7, 11) is 0. The van der Waals surface area contributed by atoms with Crippen LogP contribution in [-0.2, 0) is 9.59 Å². The van der Waals surface area contributed by atoms with Crippen molar-refractivity contribution in [1.82, 2.24) is 10.2 Å². The molecule has 0 aliphatic carbocycles. The van der Waals surface area contributed by atoms with Crippen LogP contribution < -0.4 is 15.0 Å². The second kappa shape index (κ2) is 6.98. The number of para-hydroxylation sites is 2. The largest absolute Gasteiger partial charge is 0.482 e. The summed E-state index contributed by atoms with van der Waals surface area (Å²) in [5, 5.41) is 3.25. The van der Waals surface area contributed by atoms with Crippen LogP contribution in [0.1, 0.15) is 6.92 Å². The lowest BCUT2D eigenvalue weighted by atomic mass is 10.2. The number of nitrogens with one attached hydrogen (secondary N) is 1. The molecule has 1 N–H and O–H groups in total. The Hall–Kier alpha value is -1.79. The van der Waals surface area contributed by atoms with E-state index in [0.717, 1.165) is 13.1 Å². The molecule has 0 aromatic heterocycles. The van der Waals surface area contributed by atoms with E-state index in [-0.39, 0.29) is 43.4 Å². The first-order valence-electron chi connectivity index (χ1n) is 7.19. The van der Waals surface area contributed by atoms with Crippen molar-refractivity contribution in [3.63, 3.8) is 0 Å². The molecule has 2 aliphatic heterocycles. The number of fused-ring (bicyclic) bond motifs is 1. The van der Waals surface area contributed by atoms with Crippen LogP contribution in [0, 0.1) is 0 Å². The highest BCUT2D eigenvalue weighted by Gasteiger charge is 2.30. The van der Waals surface area contributed by atoms with E-state index >= 15 is 0 Å². The number of ether oxygens (including phenoxy) is 1. The van der Waals surface area contributed by atoms with Crippen molar-refractivity contribution in [3.8, 4) is 5.75 Å². The van der Waals surface area contributed by atoms with Gasteiger partial charge in [0.05, 0.1) is 5.69 Å². The molecule has 0 unspecified atom stereocenters. The molecule has 1 saturated heterocycles. The van der Waals surface area contributed by atoms with Crippen LogP contribution in [-0.4, -0.2) is 55.5 Å². The number of rotatable bonds is 2. The third-order valence-corrected chi connectivity index (χ3v) is 3.92. The Morgan fingerprint density at radius 2 is 2.18 bits per heavy atom. The summed E-state index contributed by atoms with van der Waals surface area (Å²) < 4.78 is 5.39. The molecule has 6 nitrogen and oxygen atoms in total. The summed E-state index contributed by atoms with van der Waals surface area (Å²) in [4.78, 5) is 27.9. The third kappa shape index (κ3) is 3.18. The predicted molar refractivity (Wildman–Crippen MR) is 85.6 cm³/mol. The monoisotopic (exact) mass is 325 g/mol. The normalized spacial score (nSPS) is 20.8. The van der Waals surface area contributed by atoms with Gasteiger partial charge in [-0.05, 0) is 19.1 Å². The van der Waals surface area contributed by atoms with Crippen LogP contribution >= 0.6 is 12.4 Å². The summed E-state index contributed by atoms with van der Waals surface area (Å²) in [5.74, 6) is 0.456. The Kier molecular flexibility index (Phi) is 5.26. The van der Waals surface area contributed by atoms with E-state index in [0.29, 0.717) is 18.0 Å². The van der Waals surface area contributed by atoms with Crippen LogP contribution in [0.5, 0.6) is 5.75 Å². The lowest BCUT2D eigenvalue weighted by Gasteiger charge is -2.36. The van der Waals surface area contributed by atoms with Crippen molar-refractivity contribution < 1.29 is 14.3 Å². The van der Waals surface area contributed by atoms with Gasteiger partial charge in [0.1, 0.15) is 12.3 Å². The summed E-state index contributed by atoms with van der Waals surface area (Å²) in [5.41, 5.74) is 0.671. The molecule has 0 saturated carbocycles. The van der Waals surface area contributed by atoms with Crippen LogP contribution in [0.25, 0.3) is 0 Å². The van der Waals surface area contributed by atoms with Gasteiger partial charge in [0, 0.05) is 25.7 Å². The van der Waals surface area contributed by atoms with Crippen molar-refractivity contribution in [2.24, 2.45) is 0 Å². The first-order valence-corrected chi connectivity index (χ1v) is 7.19. The van der Waals surface area contributed by atoms with E-state index < -0.39 is 0 Å². The van der Waals surface area contributed by atoms with Crippen LogP contribution in [0.4, 0.5) is 5.69 Å². The number of halogens is 1. The highest BCUT2D eigenvalue weighted by Crippen LogP contribution is 2.31. The maximum atomic E-state index is 12.5. The van der Waals surface area contributed by atoms with Crippen molar-refractivity contribution >= 4 is 29.9 Å². The molecule has 2 amide bonds. The molecular weight excluding hydrogens is 306 g/mol. The fourth-order valence-corrected chi connectivity index (χ4v) is 2.76. The Balaban J connectivity index is 0.00000176. The number of carbonyl (C=O) groups is 2. The Labute approximate surface area is 135 Å². The molecule has 2 aliphatic rings. The molecule has 0 radical (unpaired) electrons. The van der Waals surface area contributed by atoms with Crippen molar-refractivity contribution in [1.29, 1.82) is 0 Å². The van der Waals surface area contributed by atoms with Gasteiger partial charge < -0.3 is 15.0 Å². The predicted octanol–water partition coefficient (Wildman–Crippen LogP) is 0.654. The average molecular weight is 326 g/mol. The van der Waals surface area contributed by atoms with E-state index in [9.17, 15) is 9.59 Å². The maximum Gasteiger partial charge on any atom is 0.265 e. The Morgan fingerprint density at radius 3 is 2.95 bits per heavy atom. The number of nitrogens with zero attached hydrogens (tertiary/aromatic N) is 2.